The average molecular weight is 233 g/mol. The van der Waals surface area contributed by atoms with Crippen molar-refractivity contribution in [1.82, 2.24) is 5.32 Å². The van der Waals surface area contributed by atoms with Crippen LogP contribution in [0.2, 0.25) is 0 Å². The molecule has 1 aromatic carbocycles. The highest BCUT2D eigenvalue weighted by Gasteiger charge is 2.08. The van der Waals surface area contributed by atoms with E-state index in [0.29, 0.717) is 5.92 Å². The summed E-state index contributed by atoms with van der Waals surface area (Å²) >= 11 is 0. The third-order valence-corrected chi connectivity index (χ3v) is 3.24. The van der Waals surface area contributed by atoms with Crippen LogP contribution in [0.5, 0.6) is 0 Å². The number of hydrogen-bond donors (Lipinski definition) is 1. The van der Waals surface area contributed by atoms with E-state index in [4.69, 9.17) is 0 Å². The summed E-state index contributed by atoms with van der Waals surface area (Å²) in [5.74, 6) is 1.44. The smallest absolute Gasteiger partial charge is 0.00199 e. The van der Waals surface area contributed by atoms with Crippen molar-refractivity contribution in [3.05, 3.63) is 34.9 Å². The Bertz CT molecular complexity index is 321. The van der Waals surface area contributed by atoms with E-state index in [1.54, 1.807) is 0 Å². The van der Waals surface area contributed by atoms with Gasteiger partial charge in [-0.2, -0.15) is 0 Å². The molecule has 0 fully saturated rings. The Labute approximate surface area is 107 Å². The maximum Gasteiger partial charge on any atom is -0.00199 e. The molecule has 1 heteroatoms. The lowest BCUT2D eigenvalue weighted by Crippen LogP contribution is -2.26. The van der Waals surface area contributed by atoms with Gasteiger partial charge in [-0.15, -0.1) is 0 Å². The second kappa shape index (κ2) is 6.80. The van der Waals surface area contributed by atoms with E-state index in [9.17, 15) is 0 Å². The minimum absolute atomic E-state index is 0.702. The first kappa shape index (κ1) is 14.2. The molecule has 0 saturated carbocycles. The molecule has 0 radical (unpaired) electrons. The van der Waals surface area contributed by atoms with Crippen molar-refractivity contribution in [3.8, 4) is 0 Å². The van der Waals surface area contributed by atoms with Crippen molar-refractivity contribution < 1.29 is 0 Å². The number of aryl methyl sites for hydroxylation is 2. The predicted molar refractivity (Wildman–Crippen MR) is 76.5 cm³/mol. The molecule has 1 N–H and O–H groups in total. The number of rotatable bonds is 6. The van der Waals surface area contributed by atoms with Gasteiger partial charge < -0.3 is 5.32 Å². The minimum atomic E-state index is 0.702. The van der Waals surface area contributed by atoms with Gasteiger partial charge in [-0.05, 0) is 61.9 Å². The maximum atomic E-state index is 3.54. The number of benzene rings is 1. The van der Waals surface area contributed by atoms with Crippen LogP contribution in [0.4, 0.5) is 0 Å². The Morgan fingerprint density at radius 2 is 1.59 bits per heavy atom. The van der Waals surface area contributed by atoms with Crippen molar-refractivity contribution in [2.45, 2.75) is 41.0 Å². The molecule has 1 atom stereocenters. The third kappa shape index (κ3) is 4.91. The van der Waals surface area contributed by atoms with Gasteiger partial charge in [-0.3, -0.25) is 0 Å². The zero-order chi connectivity index (χ0) is 12.8. The van der Waals surface area contributed by atoms with Gasteiger partial charge in [0, 0.05) is 0 Å². The zero-order valence-corrected chi connectivity index (χ0v) is 12.0. The normalized spacial score (nSPS) is 13.1. The Morgan fingerprint density at radius 3 is 2.12 bits per heavy atom. The standard InChI is InChI=1S/C16H27N/c1-12(2)10-17-11-13(3)9-16-14(4)7-6-8-15(16)5/h6-8,12-13,17H,9-11H2,1-5H3. The molecule has 1 unspecified atom stereocenters. The summed E-state index contributed by atoms with van der Waals surface area (Å²) in [6, 6.07) is 6.59. The monoisotopic (exact) mass is 233 g/mol. The molecule has 1 nitrogen and oxygen atoms in total. The minimum Gasteiger partial charge on any atom is -0.316 e. The molecule has 0 spiro atoms. The van der Waals surface area contributed by atoms with Gasteiger partial charge in [0.2, 0.25) is 0 Å². The Hall–Kier alpha value is -0.820. The summed E-state index contributed by atoms with van der Waals surface area (Å²) in [5.41, 5.74) is 4.40. The van der Waals surface area contributed by atoms with Gasteiger partial charge in [0.1, 0.15) is 0 Å². The van der Waals surface area contributed by atoms with E-state index in [-0.39, 0.29) is 0 Å². The van der Waals surface area contributed by atoms with E-state index < -0.39 is 0 Å². The summed E-state index contributed by atoms with van der Waals surface area (Å²) in [7, 11) is 0. The lowest BCUT2D eigenvalue weighted by molar-refractivity contribution is 0.472. The van der Waals surface area contributed by atoms with Crippen LogP contribution >= 0.6 is 0 Å². The van der Waals surface area contributed by atoms with Crippen LogP contribution < -0.4 is 5.32 Å². The van der Waals surface area contributed by atoms with E-state index in [2.05, 4.69) is 58.1 Å². The van der Waals surface area contributed by atoms with Gasteiger partial charge in [0.25, 0.3) is 0 Å². The van der Waals surface area contributed by atoms with Gasteiger partial charge in [0.15, 0.2) is 0 Å². The molecule has 0 amide bonds. The van der Waals surface area contributed by atoms with Gasteiger partial charge in [-0.25, -0.2) is 0 Å². The fourth-order valence-electron chi connectivity index (χ4n) is 2.21. The molecule has 0 aromatic heterocycles. The molecule has 1 aromatic rings. The zero-order valence-electron chi connectivity index (χ0n) is 12.0. The lowest BCUT2D eigenvalue weighted by atomic mass is 9.93. The number of hydrogen-bond acceptors (Lipinski definition) is 1. The number of nitrogens with one attached hydrogen (secondary N) is 1. The van der Waals surface area contributed by atoms with Crippen molar-refractivity contribution in [3.63, 3.8) is 0 Å². The van der Waals surface area contributed by atoms with E-state index in [0.717, 1.165) is 19.0 Å². The second-order valence-corrected chi connectivity index (χ2v) is 5.73. The van der Waals surface area contributed by atoms with Crippen molar-refractivity contribution >= 4 is 0 Å². The quantitative estimate of drug-likeness (QED) is 0.789. The average Bonchev–Trinajstić information content (AvgIpc) is 2.23. The van der Waals surface area contributed by atoms with Gasteiger partial charge in [0.05, 0.1) is 0 Å². The SMILES string of the molecule is Cc1cccc(C)c1CC(C)CNCC(C)C. The predicted octanol–water partition coefficient (Wildman–Crippen LogP) is 3.73. The van der Waals surface area contributed by atoms with Crippen LogP contribution in [0, 0.1) is 25.7 Å². The molecule has 96 valence electrons. The molecule has 0 aliphatic rings. The highest BCUT2D eigenvalue weighted by Crippen LogP contribution is 2.17. The molecule has 0 aliphatic heterocycles. The topological polar surface area (TPSA) is 12.0 Å². The largest absolute Gasteiger partial charge is 0.316 e. The van der Waals surface area contributed by atoms with Gasteiger partial charge in [-0.1, -0.05) is 39.0 Å². The van der Waals surface area contributed by atoms with Crippen LogP contribution in [0.15, 0.2) is 18.2 Å². The molecular weight excluding hydrogens is 206 g/mol. The summed E-state index contributed by atoms with van der Waals surface area (Å²) in [6.07, 6.45) is 1.18. The van der Waals surface area contributed by atoms with E-state index in [1.165, 1.54) is 23.1 Å². The van der Waals surface area contributed by atoms with E-state index in [1.807, 2.05) is 0 Å². The van der Waals surface area contributed by atoms with Crippen molar-refractivity contribution in [1.29, 1.82) is 0 Å². The second-order valence-electron chi connectivity index (χ2n) is 5.73. The first-order valence-corrected chi connectivity index (χ1v) is 6.76. The summed E-state index contributed by atoms with van der Waals surface area (Å²) in [4.78, 5) is 0. The van der Waals surface area contributed by atoms with Crippen LogP contribution in [-0.4, -0.2) is 13.1 Å². The molecule has 17 heavy (non-hydrogen) atoms. The van der Waals surface area contributed by atoms with Crippen LogP contribution in [0.25, 0.3) is 0 Å². The molecule has 0 bridgehead atoms. The Morgan fingerprint density at radius 1 is 1.00 bits per heavy atom. The highest BCUT2D eigenvalue weighted by molar-refractivity contribution is 5.33. The summed E-state index contributed by atoms with van der Waals surface area (Å²) in [5, 5.41) is 3.54. The molecule has 0 aliphatic carbocycles. The van der Waals surface area contributed by atoms with E-state index >= 15 is 0 Å². The Kier molecular flexibility index (Phi) is 5.70. The fraction of sp³-hybridized carbons (Fsp3) is 0.625. The van der Waals surface area contributed by atoms with Crippen molar-refractivity contribution in [2.75, 3.05) is 13.1 Å². The summed E-state index contributed by atoms with van der Waals surface area (Å²) in [6.45, 7) is 13.5. The van der Waals surface area contributed by atoms with Crippen LogP contribution in [0.1, 0.15) is 37.5 Å². The third-order valence-electron chi connectivity index (χ3n) is 3.24. The lowest BCUT2D eigenvalue weighted by Gasteiger charge is -2.17. The first-order chi connectivity index (χ1) is 8.00. The maximum absolute atomic E-state index is 3.54. The van der Waals surface area contributed by atoms with Crippen molar-refractivity contribution in [2.24, 2.45) is 11.8 Å². The fourth-order valence-corrected chi connectivity index (χ4v) is 2.21. The molecule has 1 rings (SSSR count). The van der Waals surface area contributed by atoms with Crippen LogP contribution in [0.3, 0.4) is 0 Å². The van der Waals surface area contributed by atoms with Crippen LogP contribution in [-0.2, 0) is 6.42 Å². The first-order valence-electron chi connectivity index (χ1n) is 6.76. The molecular formula is C16H27N. The van der Waals surface area contributed by atoms with Gasteiger partial charge >= 0.3 is 0 Å². The summed E-state index contributed by atoms with van der Waals surface area (Å²) < 4.78 is 0. The molecule has 0 heterocycles. The highest BCUT2D eigenvalue weighted by atomic mass is 14.9. The Balaban J connectivity index is 2.47. The molecule has 0 saturated heterocycles.